The number of nitrogens with two attached hydrogens (primary N) is 1. The second kappa shape index (κ2) is 2.81. The average molecular weight is 216 g/mol. The predicted octanol–water partition coefficient (Wildman–Crippen LogP) is 1.17. The van der Waals surface area contributed by atoms with Crippen LogP contribution in [0, 0.1) is 5.41 Å². The molecular formula is C11H12N4O. The van der Waals surface area contributed by atoms with Gasteiger partial charge in [-0.05, 0) is 25.8 Å². The smallest absolute Gasteiger partial charge is 0.260 e. The second-order valence-electron chi connectivity index (χ2n) is 4.33. The van der Waals surface area contributed by atoms with E-state index in [9.17, 15) is 4.79 Å². The molecule has 1 aromatic rings. The van der Waals surface area contributed by atoms with E-state index < -0.39 is 0 Å². The van der Waals surface area contributed by atoms with Gasteiger partial charge in [-0.25, -0.2) is 4.98 Å². The zero-order chi connectivity index (χ0) is 11.3. The van der Waals surface area contributed by atoms with Gasteiger partial charge in [-0.3, -0.25) is 4.79 Å². The van der Waals surface area contributed by atoms with E-state index >= 15 is 0 Å². The first-order chi connectivity index (χ1) is 7.63. The van der Waals surface area contributed by atoms with E-state index in [0.717, 1.165) is 18.6 Å². The summed E-state index contributed by atoms with van der Waals surface area (Å²) in [6, 6.07) is 3.35. The molecule has 1 aromatic heterocycles. The van der Waals surface area contributed by atoms with Gasteiger partial charge in [0.1, 0.15) is 0 Å². The van der Waals surface area contributed by atoms with Crippen molar-refractivity contribution in [1.29, 1.82) is 0 Å². The molecule has 82 valence electrons. The van der Waals surface area contributed by atoms with E-state index in [-0.39, 0.29) is 11.3 Å². The minimum Gasteiger partial charge on any atom is -0.399 e. The lowest BCUT2D eigenvalue weighted by Gasteiger charge is -2.12. The fraction of sp³-hybridized carbons (Fsp3) is 0.364. The highest BCUT2D eigenvalue weighted by atomic mass is 16.2. The number of hydrogen-bond donors (Lipinski definition) is 1. The maximum absolute atomic E-state index is 12.1. The van der Waals surface area contributed by atoms with Crippen molar-refractivity contribution < 1.29 is 4.79 Å². The van der Waals surface area contributed by atoms with Crippen molar-refractivity contribution in [2.24, 2.45) is 10.5 Å². The number of amides is 1. The molecule has 1 spiro atoms. The van der Waals surface area contributed by atoms with E-state index in [2.05, 4.69) is 10.1 Å². The molecule has 3 rings (SSSR count). The number of hydrazone groups is 1. The van der Waals surface area contributed by atoms with Gasteiger partial charge in [0.15, 0.2) is 5.82 Å². The van der Waals surface area contributed by atoms with Gasteiger partial charge in [0.2, 0.25) is 0 Å². The van der Waals surface area contributed by atoms with Gasteiger partial charge in [-0.15, -0.1) is 0 Å². The Morgan fingerprint density at radius 1 is 1.50 bits per heavy atom. The van der Waals surface area contributed by atoms with Crippen molar-refractivity contribution in [3.8, 4) is 0 Å². The topological polar surface area (TPSA) is 71.6 Å². The molecule has 2 N–H and O–H groups in total. The van der Waals surface area contributed by atoms with Gasteiger partial charge in [-0.2, -0.15) is 10.1 Å². The molecule has 0 saturated heterocycles. The first kappa shape index (κ1) is 9.33. The van der Waals surface area contributed by atoms with Gasteiger partial charge in [0.05, 0.1) is 11.1 Å². The molecule has 0 radical (unpaired) electrons. The number of anilines is 2. The summed E-state index contributed by atoms with van der Waals surface area (Å²) in [5.74, 6) is 0.538. The SMILES string of the molecule is CC1=NN(c2cc(N)ccn2)C(=O)C12CC2. The fourth-order valence-corrected chi connectivity index (χ4v) is 2.05. The van der Waals surface area contributed by atoms with Crippen LogP contribution in [0.1, 0.15) is 19.8 Å². The quantitative estimate of drug-likeness (QED) is 0.765. The average Bonchev–Trinajstić information content (AvgIpc) is 3.01. The first-order valence-electron chi connectivity index (χ1n) is 5.25. The molecule has 1 aliphatic carbocycles. The molecule has 1 aliphatic heterocycles. The predicted molar refractivity (Wildman–Crippen MR) is 60.9 cm³/mol. The van der Waals surface area contributed by atoms with Crippen molar-refractivity contribution >= 4 is 23.1 Å². The van der Waals surface area contributed by atoms with Crippen LogP contribution in [0.5, 0.6) is 0 Å². The van der Waals surface area contributed by atoms with Gasteiger partial charge in [0.25, 0.3) is 5.91 Å². The highest BCUT2D eigenvalue weighted by Gasteiger charge is 2.58. The summed E-state index contributed by atoms with van der Waals surface area (Å²) in [5, 5.41) is 5.65. The zero-order valence-electron chi connectivity index (χ0n) is 8.97. The van der Waals surface area contributed by atoms with E-state index in [4.69, 9.17) is 5.73 Å². The Labute approximate surface area is 93.0 Å². The van der Waals surface area contributed by atoms with Gasteiger partial charge >= 0.3 is 0 Å². The lowest BCUT2D eigenvalue weighted by Crippen LogP contribution is -2.28. The number of nitrogens with zero attached hydrogens (tertiary/aromatic N) is 3. The normalized spacial score (nSPS) is 21.4. The van der Waals surface area contributed by atoms with Gasteiger partial charge in [0, 0.05) is 18.0 Å². The fourth-order valence-electron chi connectivity index (χ4n) is 2.05. The van der Waals surface area contributed by atoms with Crippen LogP contribution in [-0.2, 0) is 4.79 Å². The maximum Gasteiger partial charge on any atom is 0.260 e. The summed E-state index contributed by atoms with van der Waals surface area (Å²) in [7, 11) is 0. The molecular weight excluding hydrogens is 204 g/mol. The van der Waals surface area contributed by atoms with Gasteiger partial charge in [-0.1, -0.05) is 0 Å². The van der Waals surface area contributed by atoms with Crippen LogP contribution < -0.4 is 10.7 Å². The van der Waals surface area contributed by atoms with Gasteiger partial charge < -0.3 is 5.73 Å². The molecule has 5 heteroatoms. The molecule has 0 bridgehead atoms. The summed E-state index contributed by atoms with van der Waals surface area (Å²) in [6.45, 7) is 1.90. The number of hydrogen-bond acceptors (Lipinski definition) is 4. The Morgan fingerprint density at radius 2 is 2.25 bits per heavy atom. The number of rotatable bonds is 1. The molecule has 5 nitrogen and oxygen atoms in total. The largest absolute Gasteiger partial charge is 0.399 e. The summed E-state index contributed by atoms with van der Waals surface area (Å²) in [6.07, 6.45) is 3.39. The van der Waals surface area contributed by atoms with Crippen LogP contribution in [0.15, 0.2) is 23.4 Å². The van der Waals surface area contributed by atoms with Crippen molar-refractivity contribution in [2.75, 3.05) is 10.7 Å². The zero-order valence-corrected chi connectivity index (χ0v) is 8.97. The molecule has 2 heterocycles. The number of carbonyl (C=O) groups excluding carboxylic acids is 1. The molecule has 2 aliphatic rings. The summed E-state index contributed by atoms with van der Waals surface area (Å²) >= 11 is 0. The van der Waals surface area contributed by atoms with Crippen molar-refractivity contribution in [1.82, 2.24) is 4.98 Å². The van der Waals surface area contributed by atoms with E-state index in [1.165, 1.54) is 5.01 Å². The van der Waals surface area contributed by atoms with Crippen LogP contribution in [0.4, 0.5) is 11.5 Å². The number of carbonyl (C=O) groups is 1. The molecule has 0 aromatic carbocycles. The third-order valence-electron chi connectivity index (χ3n) is 3.28. The summed E-state index contributed by atoms with van der Waals surface area (Å²) in [4.78, 5) is 16.3. The highest BCUT2D eigenvalue weighted by Crippen LogP contribution is 2.52. The Morgan fingerprint density at radius 3 is 2.81 bits per heavy atom. The lowest BCUT2D eigenvalue weighted by atomic mass is 10.0. The summed E-state index contributed by atoms with van der Waals surface area (Å²) in [5.41, 5.74) is 6.83. The Kier molecular flexibility index (Phi) is 1.64. The van der Waals surface area contributed by atoms with E-state index in [1.54, 1.807) is 18.3 Å². The van der Waals surface area contributed by atoms with Crippen LogP contribution in [0.2, 0.25) is 0 Å². The maximum atomic E-state index is 12.1. The van der Waals surface area contributed by atoms with Crippen LogP contribution in [-0.4, -0.2) is 16.6 Å². The molecule has 0 unspecified atom stereocenters. The van der Waals surface area contributed by atoms with Crippen molar-refractivity contribution in [3.63, 3.8) is 0 Å². The van der Waals surface area contributed by atoms with Crippen LogP contribution in [0.3, 0.4) is 0 Å². The number of nitrogen functional groups attached to an aromatic ring is 1. The minimum absolute atomic E-state index is 0.0306. The molecule has 1 fully saturated rings. The van der Waals surface area contributed by atoms with Crippen molar-refractivity contribution in [2.45, 2.75) is 19.8 Å². The lowest BCUT2D eigenvalue weighted by molar-refractivity contribution is -0.120. The second-order valence-corrected chi connectivity index (χ2v) is 4.33. The minimum atomic E-state index is -0.313. The van der Waals surface area contributed by atoms with Crippen molar-refractivity contribution in [3.05, 3.63) is 18.3 Å². The number of aromatic nitrogens is 1. The molecule has 0 atom stereocenters. The standard InChI is InChI=1S/C11H12N4O/c1-7-11(3-4-11)10(16)15(14-7)9-6-8(12)2-5-13-9/h2,5-6H,3-4H2,1H3,(H2,12,13). The summed E-state index contributed by atoms with van der Waals surface area (Å²) < 4.78 is 0. The van der Waals surface area contributed by atoms with E-state index in [1.807, 2.05) is 6.92 Å². The molecule has 16 heavy (non-hydrogen) atoms. The van der Waals surface area contributed by atoms with Crippen LogP contribution >= 0.6 is 0 Å². The van der Waals surface area contributed by atoms with E-state index in [0.29, 0.717) is 11.5 Å². The Balaban J connectivity index is 2.01. The Bertz CT molecular complexity index is 504. The Hall–Kier alpha value is -1.91. The first-order valence-corrected chi connectivity index (χ1v) is 5.25. The third kappa shape index (κ3) is 1.08. The third-order valence-corrected chi connectivity index (χ3v) is 3.28. The highest BCUT2D eigenvalue weighted by molar-refractivity contribution is 6.20. The molecule has 1 amide bonds. The van der Waals surface area contributed by atoms with Crippen LogP contribution in [0.25, 0.3) is 0 Å². The number of pyridine rings is 1. The monoisotopic (exact) mass is 216 g/mol. The molecule has 1 saturated carbocycles.